The molecule has 1 saturated heterocycles. The molecule has 2 atom stereocenters. The molecule has 7 heteroatoms. The quantitative estimate of drug-likeness (QED) is 0.620. The molecule has 1 amide bonds. The van der Waals surface area contributed by atoms with Gasteiger partial charge in [0.2, 0.25) is 5.91 Å². The summed E-state index contributed by atoms with van der Waals surface area (Å²) in [4.78, 5) is 23.6. The Hall–Kier alpha value is -1.22. The molecule has 0 radical (unpaired) electrons. The van der Waals surface area contributed by atoms with Crippen LogP contribution in [0.5, 0.6) is 0 Å². The molecule has 0 aromatic heterocycles. The van der Waals surface area contributed by atoms with Crippen molar-refractivity contribution in [2.75, 3.05) is 18.0 Å². The third kappa shape index (κ3) is 3.45. The molecule has 1 aromatic carbocycles. The Labute approximate surface area is 129 Å². The van der Waals surface area contributed by atoms with Gasteiger partial charge in [0.1, 0.15) is 5.82 Å². The van der Waals surface area contributed by atoms with Crippen LogP contribution in [0.2, 0.25) is 0 Å². The molecular weight excluding hydrogens is 378 g/mol. The monoisotopic (exact) mass is 392 g/mol. The predicted octanol–water partition coefficient (Wildman–Crippen LogP) is 1.30. The lowest BCUT2D eigenvalue weighted by Crippen LogP contribution is -2.33. The van der Waals surface area contributed by atoms with E-state index in [-0.39, 0.29) is 17.8 Å². The van der Waals surface area contributed by atoms with Crippen molar-refractivity contribution in [1.29, 1.82) is 0 Å². The van der Waals surface area contributed by atoms with Gasteiger partial charge in [-0.1, -0.05) is 0 Å². The molecule has 1 aromatic rings. The summed E-state index contributed by atoms with van der Waals surface area (Å²) in [6, 6.07) is 4.77. The first-order chi connectivity index (χ1) is 9.51. The number of hydrogen-bond donors (Lipinski definition) is 1. The second-order valence-corrected chi connectivity index (χ2v) is 5.63. The van der Waals surface area contributed by atoms with E-state index >= 15 is 0 Å². The van der Waals surface area contributed by atoms with Gasteiger partial charge in [0.25, 0.3) is 0 Å². The Balaban J connectivity index is 2.11. The van der Waals surface area contributed by atoms with E-state index in [0.29, 0.717) is 28.6 Å². The number of ether oxygens (including phenoxy) is 1. The minimum absolute atomic E-state index is 0.157. The number of carbonyl (C=O) groups is 2. The summed E-state index contributed by atoms with van der Waals surface area (Å²) in [6.07, 6.45) is -0.381. The van der Waals surface area contributed by atoms with E-state index in [9.17, 15) is 14.0 Å². The van der Waals surface area contributed by atoms with Gasteiger partial charge in [0.05, 0.1) is 6.10 Å². The van der Waals surface area contributed by atoms with Crippen LogP contribution in [0.4, 0.5) is 10.1 Å². The van der Waals surface area contributed by atoms with E-state index in [1.807, 2.05) is 22.6 Å². The lowest BCUT2D eigenvalue weighted by molar-refractivity contribution is -0.120. The van der Waals surface area contributed by atoms with Crippen molar-refractivity contribution in [2.45, 2.75) is 19.3 Å². The number of nitrogens with one attached hydrogen (secondary N) is 1. The molecule has 1 heterocycles. The molecule has 0 saturated carbocycles. The van der Waals surface area contributed by atoms with Gasteiger partial charge in [-0.2, -0.15) is 0 Å². The number of halogens is 2. The van der Waals surface area contributed by atoms with Crippen molar-refractivity contribution in [3.05, 3.63) is 27.6 Å². The summed E-state index contributed by atoms with van der Waals surface area (Å²) < 4.78 is 19.6. The normalized spacial score (nSPS) is 21.9. The molecule has 20 heavy (non-hydrogen) atoms. The van der Waals surface area contributed by atoms with Crippen LogP contribution in [-0.4, -0.2) is 37.6 Å². The van der Waals surface area contributed by atoms with E-state index in [1.54, 1.807) is 17.0 Å². The topological polar surface area (TPSA) is 58.6 Å². The van der Waals surface area contributed by atoms with E-state index < -0.39 is 6.23 Å². The van der Waals surface area contributed by atoms with Gasteiger partial charge in [-0.05, 0) is 40.8 Å². The maximum Gasteiger partial charge on any atom is 0.216 e. The van der Waals surface area contributed by atoms with Crippen molar-refractivity contribution in [3.63, 3.8) is 0 Å². The van der Waals surface area contributed by atoms with Gasteiger partial charge in [-0.25, -0.2) is 4.39 Å². The Kier molecular flexibility index (Phi) is 4.92. The zero-order valence-electron chi connectivity index (χ0n) is 10.8. The third-order valence-electron chi connectivity index (χ3n) is 2.97. The van der Waals surface area contributed by atoms with E-state index in [1.165, 1.54) is 13.0 Å². The van der Waals surface area contributed by atoms with Gasteiger partial charge in [-0.3, -0.25) is 9.59 Å². The fourth-order valence-electron chi connectivity index (χ4n) is 2.03. The number of carbonyl (C=O) groups excluding carboxylic acids is 2. The van der Waals surface area contributed by atoms with Crippen LogP contribution < -0.4 is 10.2 Å². The number of rotatable bonds is 4. The minimum atomic E-state index is -0.756. The lowest BCUT2D eigenvalue weighted by Gasteiger charge is -2.20. The highest BCUT2D eigenvalue weighted by Crippen LogP contribution is 2.26. The number of anilines is 1. The Bertz CT molecular complexity index is 526. The average molecular weight is 392 g/mol. The first-order valence-electron chi connectivity index (χ1n) is 6.08. The molecular formula is C13H14FIN2O3. The van der Waals surface area contributed by atoms with Gasteiger partial charge in [0, 0.05) is 29.3 Å². The number of amides is 1. The van der Waals surface area contributed by atoms with Crippen LogP contribution in [0, 0.1) is 9.39 Å². The summed E-state index contributed by atoms with van der Waals surface area (Å²) in [6.45, 7) is 2.16. The summed E-state index contributed by atoms with van der Waals surface area (Å²) in [5.74, 6) is -0.493. The summed E-state index contributed by atoms with van der Waals surface area (Å²) in [5, 5.41) is 2.64. The molecule has 0 bridgehead atoms. The van der Waals surface area contributed by atoms with E-state index in [0.717, 1.165) is 0 Å². The second kappa shape index (κ2) is 6.49. The minimum Gasteiger partial charge on any atom is -0.354 e. The number of aldehydes is 1. The van der Waals surface area contributed by atoms with Crippen LogP contribution in [-0.2, 0) is 14.3 Å². The number of nitrogens with zero attached hydrogens (tertiary/aromatic N) is 1. The van der Waals surface area contributed by atoms with Gasteiger partial charge in [-0.15, -0.1) is 0 Å². The fourth-order valence-corrected chi connectivity index (χ4v) is 2.36. The van der Waals surface area contributed by atoms with E-state index in [4.69, 9.17) is 4.74 Å². The average Bonchev–Trinajstić information content (AvgIpc) is 2.83. The molecule has 1 N–H and O–H groups in total. The molecule has 1 aliphatic heterocycles. The highest BCUT2D eigenvalue weighted by molar-refractivity contribution is 14.1. The standard InChI is InChI=1S/C13H14FIN2O3/c1-8(19)16-5-10-6-17(13(7-18)20-10)9-2-3-12(15)11(14)4-9/h2-4,7,10,13H,5-6H2,1H3,(H,16,19)/t10-,13?/m0/s1. The number of hydrogen-bond acceptors (Lipinski definition) is 4. The van der Waals surface area contributed by atoms with Gasteiger partial charge in [0.15, 0.2) is 12.5 Å². The molecule has 1 unspecified atom stereocenters. The molecule has 0 aliphatic carbocycles. The Morgan fingerprint density at radius 2 is 2.40 bits per heavy atom. The Morgan fingerprint density at radius 1 is 1.65 bits per heavy atom. The highest BCUT2D eigenvalue weighted by Gasteiger charge is 2.33. The lowest BCUT2D eigenvalue weighted by atomic mass is 10.2. The maximum absolute atomic E-state index is 13.6. The predicted molar refractivity (Wildman–Crippen MR) is 79.9 cm³/mol. The Morgan fingerprint density at radius 3 is 3.00 bits per heavy atom. The smallest absolute Gasteiger partial charge is 0.216 e. The first-order valence-corrected chi connectivity index (χ1v) is 7.16. The van der Waals surface area contributed by atoms with Crippen molar-refractivity contribution in [1.82, 2.24) is 5.32 Å². The third-order valence-corrected chi connectivity index (χ3v) is 3.84. The van der Waals surface area contributed by atoms with Crippen LogP contribution in [0.15, 0.2) is 18.2 Å². The zero-order valence-corrected chi connectivity index (χ0v) is 13.0. The molecule has 1 fully saturated rings. The highest BCUT2D eigenvalue weighted by atomic mass is 127. The SMILES string of the molecule is CC(=O)NC[C@H]1CN(c2ccc(I)c(F)c2)C(C=O)O1. The second-order valence-electron chi connectivity index (χ2n) is 4.47. The van der Waals surface area contributed by atoms with Gasteiger partial charge >= 0.3 is 0 Å². The maximum atomic E-state index is 13.6. The van der Waals surface area contributed by atoms with Gasteiger partial charge < -0.3 is 15.0 Å². The summed E-state index contributed by atoms with van der Waals surface area (Å²) in [7, 11) is 0. The largest absolute Gasteiger partial charge is 0.354 e. The van der Waals surface area contributed by atoms with Crippen molar-refractivity contribution < 1.29 is 18.7 Å². The summed E-state index contributed by atoms with van der Waals surface area (Å²) in [5.41, 5.74) is 0.588. The van der Waals surface area contributed by atoms with Crippen molar-refractivity contribution >= 4 is 40.5 Å². The fraction of sp³-hybridized carbons (Fsp3) is 0.385. The molecule has 5 nitrogen and oxygen atoms in total. The molecule has 0 spiro atoms. The van der Waals surface area contributed by atoms with E-state index in [2.05, 4.69) is 5.32 Å². The number of benzene rings is 1. The van der Waals surface area contributed by atoms with Crippen LogP contribution >= 0.6 is 22.6 Å². The zero-order chi connectivity index (χ0) is 14.7. The first kappa shape index (κ1) is 15.2. The molecule has 108 valence electrons. The van der Waals surface area contributed by atoms with Crippen molar-refractivity contribution in [3.8, 4) is 0 Å². The summed E-state index contributed by atoms with van der Waals surface area (Å²) >= 11 is 1.90. The van der Waals surface area contributed by atoms with Crippen LogP contribution in [0.3, 0.4) is 0 Å². The van der Waals surface area contributed by atoms with Crippen molar-refractivity contribution in [2.24, 2.45) is 0 Å². The van der Waals surface area contributed by atoms with Crippen LogP contribution in [0.25, 0.3) is 0 Å². The molecule has 1 aliphatic rings. The van der Waals surface area contributed by atoms with Crippen LogP contribution in [0.1, 0.15) is 6.92 Å². The molecule has 2 rings (SSSR count).